The van der Waals surface area contributed by atoms with Gasteiger partial charge in [-0.25, -0.2) is 0 Å². The van der Waals surface area contributed by atoms with Crippen LogP contribution in [0.2, 0.25) is 0 Å². The van der Waals surface area contributed by atoms with E-state index in [1.807, 2.05) is 12.1 Å². The lowest BCUT2D eigenvalue weighted by atomic mass is 10.0. The maximum absolute atomic E-state index is 9.05. The summed E-state index contributed by atoms with van der Waals surface area (Å²) in [6.45, 7) is 3.57. The Balaban J connectivity index is 1.75. The molecule has 1 aliphatic carbocycles. The molecule has 0 amide bonds. The van der Waals surface area contributed by atoms with E-state index in [0.29, 0.717) is 18.1 Å². The molecule has 1 atom stereocenters. The van der Waals surface area contributed by atoms with Gasteiger partial charge in [0.05, 0.1) is 7.11 Å². The fourth-order valence-electron chi connectivity index (χ4n) is 2.51. The summed E-state index contributed by atoms with van der Waals surface area (Å²) in [7, 11) is 1.69. The quantitative estimate of drug-likeness (QED) is 0.756. The third-order valence-corrected chi connectivity index (χ3v) is 4.13. The van der Waals surface area contributed by atoms with E-state index < -0.39 is 0 Å². The van der Waals surface area contributed by atoms with Gasteiger partial charge in [-0.15, -0.1) is 0 Å². The molecule has 106 valence electrons. The van der Waals surface area contributed by atoms with Crippen LogP contribution in [-0.4, -0.2) is 31.4 Å². The first-order valence-electron chi connectivity index (χ1n) is 7.15. The summed E-state index contributed by atoms with van der Waals surface area (Å²) in [6, 6.07) is 8.73. The van der Waals surface area contributed by atoms with Crippen LogP contribution in [0.25, 0.3) is 0 Å². The molecule has 19 heavy (non-hydrogen) atoms. The van der Waals surface area contributed by atoms with Gasteiger partial charge < -0.3 is 15.2 Å². The van der Waals surface area contributed by atoms with Crippen molar-refractivity contribution in [3.8, 4) is 5.75 Å². The number of hydrogen-bond acceptors (Lipinski definition) is 3. The molecule has 2 N–H and O–H groups in total. The Hall–Kier alpha value is -1.06. The van der Waals surface area contributed by atoms with Gasteiger partial charge in [-0.2, -0.15) is 0 Å². The van der Waals surface area contributed by atoms with Gasteiger partial charge in [-0.3, -0.25) is 0 Å². The van der Waals surface area contributed by atoms with E-state index in [1.54, 1.807) is 7.11 Å². The van der Waals surface area contributed by atoms with E-state index in [-0.39, 0.29) is 0 Å². The second-order valence-electron chi connectivity index (χ2n) is 5.81. The molecule has 0 spiro atoms. The van der Waals surface area contributed by atoms with Gasteiger partial charge in [-0.05, 0) is 55.7 Å². The van der Waals surface area contributed by atoms with Crippen LogP contribution in [0.3, 0.4) is 0 Å². The first-order chi connectivity index (χ1) is 9.17. The number of rotatable bonds is 8. The minimum absolute atomic E-state index is 0.314. The third-order valence-electron chi connectivity index (χ3n) is 4.13. The van der Waals surface area contributed by atoms with Gasteiger partial charge in [0.25, 0.3) is 0 Å². The fraction of sp³-hybridized carbons (Fsp3) is 0.625. The number of ether oxygens (including phenoxy) is 1. The molecule has 1 unspecified atom stereocenters. The first kappa shape index (κ1) is 14.4. The highest BCUT2D eigenvalue weighted by Gasteiger charge is 2.41. The van der Waals surface area contributed by atoms with Crippen LogP contribution in [0.15, 0.2) is 24.3 Å². The van der Waals surface area contributed by atoms with E-state index in [4.69, 9.17) is 9.84 Å². The molecule has 0 aliphatic heterocycles. The van der Waals surface area contributed by atoms with Crippen LogP contribution in [-0.2, 0) is 6.42 Å². The van der Waals surface area contributed by atoms with Crippen molar-refractivity contribution in [3.05, 3.63) is 29.8 Å². The van der Waals surface area contributed by atoms with Crippen molar-refractivity contribution in [1.29, 1.82) is 0 Å². The minimum Gasteiger partial charge on any atom is -0.497 e. The molecule has 2 rings (SSSR count). The molecule has 0 bridgehead atoms. The van der Waals surface area contributed by atoms with E-state index >= 15 is 0 Å². The summed E-state index contributed by atoms with van der Waals surface area (Å²) < 4.78 is 5.16. The van der Waals surface area contributed by atoms with E-state index in [1.165, 1.54) is 18.4 Å². The zero-order valence-corrected chi connectivity index (χ0v) is 12.0. The maximum Gasteiger partial charge on any atom is 0.118 e. The Morgan fingerprint density at radius 3 is 2.53 bits per heavy atom. The minimum atomic E-state index is 0.314. The van der Waals surface area contributed by atoms with Crippen molar-refractivity contribution >= 4 is 0 Å². The Bertz CT molecular complexity index is 384. The molecule has 0 heterocycles. The molecule has 1 aromatic carbocycles. The first-order valence-corrected chi connectivity index (χ1v) is 7.15. The lowest BCUT2D eigenvalue weighted by Crippen LogP contribution is -2.33. The molecule has 1 fully saturated rings. The van der Waals surface area contributed by atoms with E-state index in [2.05, 4.69) is 24.4 Å². The van der Waals surface area contributed by atoms with Gasteiger partial charge >= 0.3 is 0 Å². The van der Waals surface area contributed by atoms with E-state index in [0.717, 1.165) is 25.1 Å². The largest absolute Gasteiger partial charge is 0.497 e. The van der Waals surface area contributed by atoms with Crippen molar-refractivity contribution in [2.45, 2.75) is 38.6 Å². The predicted molar refractivity (Wildman–Crippen MR) is 77.5 cm³/mol. The van der Waals surface area contributed by atoms with Gasteiger partial charge in [0, 0.05) is 19.2 Å². The van der Waals surface area contributed by atoms with Crippen molar-refractivity contribution in [1.82, 2.24) is 5.32 Å². The number of methoxy groups -OCH3 is 1. The zero-order chi connectivity index (χ0) is 13.7. The molecule has 1 saturated carbocycles. The smallest absolute Gasteiger partial charge is 0.118 e. The number of aliphatic hydroxyl groups excluding tert-OH is 1. The lowest BCUT2D eigenvalue weighted by Gasteiger charge is -2.19. The SMILES string of the molecule is COc1ccc(CC(C)NCC2(CCO)CC2)cc1. The molecule has 0 radical (unpaired) electrons. The summed E-state index contributed by atoms with van der Waals surface area (Å²) in [5, 5.41) is 12.7. The molecule has 3 heteroatoms. The van der Waals surface area contributed by atoms with Crippen LogP contribution in [0.1, 0.15) is 31.7 Å². The summed E-state index contributed by atoms with van der Waals surface area (Å²) >= 11 is 0. The number of hydrogen-bond donors (Lipinski definition) is 2. The average molecular weight is 263 g/mol. The predicted octanol–water partition coefficient (Wildman–Crippen LogP) is 2.38. The maximum atomic E-state index is 9.05. The van der Waals surface area contributed by atoms with Crippen molar-refractivity contribution in [2.24, 2.45) is 5.41 Å². The molecule has 1 aromatic rings. The molecule has 3 nitrogen and oxygen atoms in total. The number of nitrogens with one attached hydrogen (secondary N) is 1. The monoisotopic (exact) mass is 263 g/mol. The summed E-state index contributed by atoms with van der Waals surface area (Å²) in [6.07, 6.45) is 4.49. The Labute approximate surface area is 116 Å². The van der Waals surface area contributed by atoms with Crippen LogP contribution in [0.5, 0.6) is 5.75 Å². The van der Waals surface area contributed by atoms with Gasteiger partial charge in [0.2, 0.25) is 0 Å². The second-order valence-corrected chi connectivity index (χ2v) is 5.81. The van der Waals surface area contributed by atoms with Crippen LogP contribution >= 0.6 is 0 Å². The highest BCUT2D eigenvalue weighted by atomic mass is 16.5. The molecule has 0 aromatic heterocycles. The molecule has 0 saturated heterocycles. The highest BCUT2D eigenvalue weighted by Crippen LogP contribution is 2.47. The normalized spacial score (nSPS) is 18.1. The Kier molecular flexibility index (Phi) is 4.83. The Morgan fingerprint density at radius 1 is 1.32 bits per heavy atom. The third kappa shape index (κ3) is 4.22. The standard InChI is InChI=1S/C16H25NO2/c1-13(17-12-16(7-8-16)9-10-18)11-14-3-5-15(19-2)6-4-14/h3-6,13,17-18H,7-12H2,1-2H3. The van der Waals surface area contributed by atoms with Crippen LogP contribution in [0.4, 0.5) is 0 Å². The molecular weight excluding hydrogens is 238 g/mol. The Morgan fingerprint density at radius 2 is 2.00 bits per heavy atom. The van der Waals surface area contributed by atoms with Crippen molar-refractivity contribution in [2.75, 3.05) is 20.3 Å². The lowest BCUT2D eigenvalue weighted by molar-refractivity contribution is 0.242. The van der Waals surface area contributed by atoms with Gasteiger partial charge in [0.15, 0.2) is 0 Å². The van der Waals surface area contributed by atoms with Gasteiger partial charge in [-0.1, -0.05) is 12.1 Å². The van der Waals surface area contributed by atoms with Gasteiger partial charge in [0.1, 0.15) is 5.75 Å². The number of aliphatic hydroxyl groups is 1. The topological polar surface area (TPSA) is 41.5 Å². The van der Waals surface area contributed by atoms with Crippen LogP contribution in [0, 0.1) is 5.41 Å². The summed E-state index contributed by atoms with van der Waals surface area (Å²) in [4.78, 5) is 0. The zero-order valence-electron chi connectivity index (χ0n) is 12.0. The average Bonchev–Trinajstić information content (AvgIpc) is 3.18. The van der Waals surface area contributed by atoms with E-state index in [9.17, 15) is 0 Å². The number of benzene rings is 1. The van der Waals surface area contributed by atoms with Crippen LogP contribution < -0.4 is 10.1 Å². The highest BCUT2D eigenvalue weighted by molar-refractivity contribution is 5.27. The fourth-order valence-corrected chi connectivity index (χ4v) is 2.51. The summed E-state index contributed by atoms with van der Waals surface area (Å²) in [5.74, 6) is 0.907. The summed E-state index contributed by atoms with van der Waals surface area (Å²) in [5.41, 5.74) is 1.72. The van der Waals surface area contributed by atoms with Crippen molar-refractivity contribution in [3.63, 3.8) is 0 Å². The van der Waals surface area contributed by atoms with Crippen molar-refractivity contribution < 1.29 is 9.84 Å². The second kappa shape index (κ2) is 6.40. The molecule has 1 aliphatic rings. The molecular formula is C16H25NO2.